The van der Waals surface area contributed by atoms with Gasteiger partial charge in [0, 0.05) is 6.04 Å². The topological polar surface area (TPSA) is 85.0 Å². The maximum absolute atomic E-state index is 11.1. The molecule has 22 heavy (non-hydrogen) atoms. The molecule has 2 rings (SSSR count). The third-order valence-corrected chi connectivity index (χ3v) is 4.17. The van der Waals surface area contributed by atoms with Gasteiger partial charge in [-0.3, -0.25) is 9.69 Å². The van der Waals surface area contributed by atoms with Gasteiger partial charge in [0.15, 0.2) is 11.5 Å². The fourth-order valence-corrected chi connectivity index (χ4v) is 2.95. The average molecular weight is 308 g/mol. The van der Waals surface area contributed by atoms with E-state index in [1.54, 1.807) is 14.2 Å². The fraction of sp³-hybridized carbons (Fsp3) is 0.562. The predicted octanol–water partition coefficient (Wildman–Crippen LogP) is 1.64. The summed E-state index contributed by atoms with van der Waals surface area (Å²) >= 11 is 0. The van der Waals surface area contributed by atoms with Crippen LogP contribution in [0.2, 0.25) is 0 Å². The van der Waals surface area contributed by atoms with Crippen molar-refractivity contribution in [3.8, 4) is 11.5 Å². The maximum Gasteiger partial charge on any atom is 0.320 e. The molecular weight excluding hydrogens is 284 g/mol. The molecule has 1 aromatic rings. The Bertz CT molecular complexity index is 515. The Morgan fingerprint density at radius 1 is 1.27 bits per heavy atom. The number of likely N-dealkylation sites (tertiary alicyclic amines) is 1. The number of hydrogen-bond donors (Lipinski definition) is 2. The van der Waals surface area contributed by atoms with Crippen LogP contribution in [0, 0.1) is 0 Å². The SMILES string of the molecule is COc1ccc([C@@H](C[C@@H](N)C(=O)O)N2CCCC2)cc1OC. The summed E-state index contributed by atoms with van der Waals surface area (Å²) in [7, 11) is 3.19. The van der Waals surface area contributed by atoms with E-state index < -0.39 is 12.0 Å². The molecule has 1 aliphatic heterocycles. The number of carboxylic acids is 1. The van der Waals surface area contributed by atoms with Crippen LogP contribution in [0.1, 0.15) is 30.9 Å². The molecule has 1 aromatic carbocycles. The van der Waals surface area contributed by atoms with E-state index in [1.165, 1.54) is 0 Å². The number of benzene rings is 1. The molecule has 0 aromatic heterocycles. The van der Waals surface area contributed by atoms with Gasteiger partial charge in [0.1, 0.15) is 6.04 Å². The van der Waals surface area contributed by atoms with E-state index in [0.29, 0.717) is 17.9 Å². The summed E-state index contributed by atoms with van der Waals surface area (Å²) in [4.78, 5) is 13.4. The number of hydrogen-bond acceptors (Lipinski definition) is 5. The van der Waals surface area contributed by atoms with Crippen molar-refractivity contribution >= 4 is 5.97 Å². The van der Waals surface area contributed by atoms with E-state index in [4.69, 9.17) is 20.3 Å². The standard InChI is InChI=1S/C16H24N2O4/c1-21-14-6-5-11(9-15(14)22-2)13(10-12(17)16(19)20)18-7-3-4-8-18/h5-6,9,12-13H,3-4,7-8,10,17H2,1-2H3,(H,19,20)/t12-,13-/m1/s1. The van der Waals surface area contributed by atoms with Crippen LogP contribution < -0.4 is 15.2 Å². The molecule has 0 bridgehead atoms. The number of rotatable bonds is 7. The second kappa shape index (κ2) is 7.47. The van der Waals surface area contributed by atoms with Crippen LogP contribution in [0.15, 0.2) is 18.2 Å². The lowest BCUT2D eigenvalue weighted by molar-refractivity contribution is -0.139. The highest BCUT2D eigenvalue weighted by atomic mass is 16.5. The summed E-state index contributed by atoms with van der Waals surface area (Å²) in [6, 6.07) is 4.82. The molecule has 0 amide bonds. The maximum atomic E-state index is 11.1. The first kappa shape index (κ1) is 16.6. The van der Waals surface area contributed by atoms with Gasteiger partial charge in [0.25, 0.3) is 0 Å². The molecular formula is C16H24N2O4. The average Bonchev–Trinajstić information content (AvgIpc) is 3.05. The first-order chi connectivity index (χ1) is 10.6. The van der Waals surface area contributed by atoms with Crippen molar-refractivity contribution in [3.63, 3.8) is 0 Å². The van der Waals surface area contributed by atoms with Crippen LogP contribution >= 0.6 is 0 Å². The molecule has 122 valence electrons. The van der Waals surface area contributed by atoms with E-state index in [2.05, 4.69) is 4.90 Å². The highest BCUT2D eigenvalue weighted by molar-refractivity contribution is 5.73. The molecule has 2 atom stereocenters. The number of carbonyl (C=O) groups is 1. The Morgan fingerprint density at radius 2 is 1.91 bits per heavy atom. The summed E-state index contributed by atoms with van der Waals surface area (Å²) in [5.41, 5.74) is 6.78. The zero-order chi connectivity index (χ0) is 16.1. The predicted molar refractivity (Wildman–Crippen MR) is 83.3 cm³/mol. The normalized spacial score (nSPS) is 18.0. The number of carboxylic acid groups (broad SMARTS) is 1. The number of nitrogens with two attached hydrogens (primary N) is 1. The lowest BCUT2D eigenvalue weighted by Gasteiger charge is -2.29. The minimum atomic E-state index is -0.968. The van der Waals surface area contributed by atoms with E-state index in [-0.39, 0.29) is 6.04 Å². The third kappa shape index (κ3) is 3.69. The summed E-state index contributed by atoms with van der Waals surface area (Å²) in [5, 5.41) is 9.12. The molecule has 6 nitrogen and oxygen atoms in total. The van der Waals surface area contributed by atoms with Gasteiger partial charge in [-0.15, -0.1) is 0 Å². The molecule has 1 aliphatic rings. The van der Waals surface area contributed by atoms with Crippen molar-refractivity contribution in [1.82, 2.24) is 4.90 Å². The summed E-state index contributed by atoms with van der Waals surface area (Å²) < 4.78 is 10.6. The van der Waals surface area contributed by atoms with Gasteiger partial charge >= 0.3 is 5.97 Å². The zero-order valence-electron chi connectivity index (χ0n) is 13.1. The Morgan fingerprint density at radius 3 is 2.45 bits per heavy atom. The molecule has 1 fully saturated rings. The molecule has 6 heteroatoms. The van der Waals surface area contributed by atoms with Crippen molar-refractivity contribution in [1.29, 1.82) is 0 Å². The van der Waals surface area contributed by atoms with Gasteiger partial charge in [0.05, 0.1) is 14.2 Å². The number of nitrogens with zero attached hydrogens (tertiary/aromatic N) is 1. The van der Waals surface area contributed by atoms with Crippen molar-refractivity contribution in [2.45, 2.75) is 31.3 Å². The second-order valence-corrected chi connectivity index (χ2v) is 5.55. The Labute approximate surface area is 130 Å². The summed E-state index contributed by atoms with van der Waals surface area (Å²) in [6.45, 7) is 1.93. The quantitative estimate of drug-likeness (QED) is 0.796. The highest BCUT2D eigenvalue weighted by Gasteiger charge is 2.28. The van der Waals surface area contributed by atoms with Crippen molar-refractivity contribution in [3.05, 3.63) is 23.8 Å². The van der Waals surface area contributed by atoms with Crippen LogP contribution in [-0.2, 0) is 4.79 Å². The smallest absolute Gasteiger partial charge is 0.320 e. The van der Waals surface area contributed by atoms with Gasteiger partial charge in [-0.2, -0.15) is 0 Å². The molecule has 1 saturated heterocycles. The Kier molecular flexibility index (Phi) is 5.63. The lowest BCUT2D eigenvalue weighted by atomic mass is 9.97. The van der Waals surface area contributed by atoms with Crippen LogP contribution in [0.3, 0.4) is 0 Å². The van der Waals surface area contributed by atoms with Crippen LogP contribution in [0.4, 0.5) is 0 Å². The van der Waals surface area contributed by atoms with E-state index in [9.17, 15) is 4.79 Å². The summed E-state index contributed by atoms with van der Waals surface area (Å²) in [6.07, 6.45) is 2.64. The molecule has 0 saturated carbocycles. The minimum Gasteiger partial charge on any atom is -0.493 e. The van der Waals surface area contributed by atoms with Crippen molar-refractivity contribution in [2.75, 3.05) is 27.3 Å². The number of aliphatic carboxylic acids is 1. The molecule has 0 unspecified atom stereocenters. The number of methoxy groups -OCH3 is 2. The van der Waals surface area contributed by atoms with E-state index in [0.717, 1.165) is 31.5 Å². The Balaban J connectivity index is 2.29. The first-order valence-electron chi connectivity index (χ1n) is 7.51. The zero-order valence-corrected chi connectivity index (χ0v) is 13.1. The molecule has 3 N–H and O–H groups in total. The fourth-order valence-electron chi connectivity index (χ4n) is 2.95. The van der Waals surface area contributed by atoms with Crippen LogP contribution in [0.25, 0.3) is 0 Å². The van der Waals surface area contributed by atoms with Crippen LogP contribution in [-0.4, -0.2) is 49.3 Å². The molecule has 0 aliphatic carbocycles. The first-order valence-corrected chi connectivity index (χ1v) is 7.51. The van der Waals surface area contributed by atoms with Crippen molar-refractivity contribution in [2.24, 2.45) is 5.73 Å². The Hall–Kier alpha value is -1.79. The highest BCUT2D eigenvalue weighted by Crippen LogP contribution is 2.35. The van der Waals surface area contributed by atoms with Gasteiger partial charge in [-0.25, -0.2) is 0 Å². The molecule has 0 spiro atoms. The van der Waals surface area contributed by atoms with Gasteiger partial charge in [-0.1, -0.05) is 6.07 Å². The largest absolute Gasteiger partial charge is 0.493 e. The third-order valence-electron chi connectivity index (χ3n) is 4.17. The van der Waals surface area contributed by atoms with Gasteiger partial charge in [-0.05, 0) is 50.0 Å². The second-order valence-electron chi connectivity index (χ2n) is 5.55. The lowest BCUT2D eigenvalue weighted by Crippen LogP contribution is -2.36. The van der Waals surface area contributed by atoms with Crippen LogP contribution in [0.5, 0.6) is 11.5 Å². The summed E-state index contributed by atoms with van der Waals surface area (Å²) in [5.74, 6) is 0.340. The van der Waals surface area contributed by atoms with E-state index in [1.807, 2.05) is 18.2 Å². The van der Waals surface area contributed by atoms with Crippen molar-refractivity contribution < 1.29 is 19.4 Å². The van der Waals surface area contributed by atoms with Gasteiger partial charge < -0.3 is 20.3 Å². The van der Waals surface area contributed by atoms with Gasteiger partial charge in [0.2, 0.25) is 0 Å². The molecule has 0 radical (unpaired) electrons. The number of ether oxygens (including phenoxy) is 2. The van der Waals surface area contributed by atoms with E-state index >= 15 is 0 Å². The minimum absolute atomic E-state index is 0.0200. The monoisotopic (exact) mass is 308 g/mol. The molecule has 1 heterocycles.